The van der Waals surface area contributed by atoms with E-state index in [0.717, 1.165) is 42.5 Å². The largest absolute Gasteiger partial charge is 0.347 e. The van der Waals surface area contributed by atoms with Gasteiger partial charge in [-0.15, -0.1) is 0 Å². The highest BCUT2D eigenvalue weighted by Crippen LogP contribution is 2.30. The van der Waals surface area contributed by atoms with Crippen LogP contribution in [-0.2, 0) is 11.3 Å². The molecule has 5 rings (SSSR count). The quantitative estimate of drug-likeness (QED) is 0.614. The van der Waals surface area contributed by atoms with Crippen molar-refractivity contribution in [2.24, 2.45) is 10.9 Å². The molecule has 1 saturated carbocycles. The van der Waals surface area contributed by atoms with E-state index in [-0.39, 0.29) is 23.3 Å². The Hall–Kier alpha value is -2.93. The van der Waals surface area contributed by atoms with Crippen molar-refractivity contribution >= 4 is 35.3 Å². The molecule has 3 aliphatic rings. The first-order valence-electron chi connectivity index (χ1n) is 12.4. The van der Waals surface area contributed by atoms with Crippen LogP contribution in [0.1, 0.15) is 53.6 Å². The summed E-state index contributed by atoms with van der Waals surface area (Å²) in [6, 6.07) is 10.4. The lowest BCUT2D eigenvalue weighted by Crippen LogP contribution is -2.52. The van der Waals surface area contributed by atoms with E-state index in [1.54, 1.807) is 23.2 Å². The van der Waals surface area contributed by atoms with Gasteiger partial charge in [-0.3, -0.25) is 14.6 Å². The summed E-state index contributed by atoms with van der Waals surface area (Å²) in [5.74, 6) is -0.511. The Morgan fingerprint density at radius 1 is 1.00 bits per heavy atom. The smallest absolute Gasteiger partial charge is 0.256 e. The number of benzene rings is 2. The fourth-order valence-electron chi connectivity index (χ4n) is 5.33. The normalized spacial score (nSPS) is 18.5. The number of anilines is 1. The molecule has 8 heteroatoms. The zero-order chi connectivity index (χ0) is 24.4. The van der Waals surface area contributed by atoms with Crippen molar-refractivity contribution in [3.8, 4) is 0 Å². The Kier molecular flexibility index (Phi) is 7.04. The molecule has 2 aromatic rings. The van der Waals surface area contributed by atoms with Gasteiger partial charge in [-0.2, -0.15) is 0 Å². The minimum atomic E-state index is -0.528. The fourth-order valence-corrected chi connectivity index (χ4v) is 5.55. The zero-order valence-electron chi connectivity index (χ0n) is 19.8. The van der Waals surface area contributed by atoms with Crippen LogP contribution in [0.25, 0.3) is 0 Å². The number of aliphatic imine (C=N–C) groups is 1. The van der Waals surface area contributed by atoms with Gasteiger partial charge in [-0.1, -0.05) is 43.0 Å². The number of carbonyl (C=O) groups is 2. The van der Waals surface area contributed by atoms with Crippen molar-refractivity contribution < 1.29 is 14.0 Å². The summed E-state index contributed by atoms with van der Waals surface area (Å²) >= 11 is 6.32. The van der Waals surface area contributed by atoms with Gasteiger partial charge in [-0.05, 0) is 42.7 Å². The lowest BCUT2D eigenvalue weighted by atomic mass is 9.88. The lowest BCUT2D eigenvalue weighted by molar-refractivity contribution is -0.138. The summed E-state index contributed by atoms with van der Waals surface area (Å²) in [6.45, 7) is 2.80. The topological polar surface area (TPSA) is 56.2 Å². The number of piperazine rings is 1. The van der Waals surface area contributed by atoms with Crippen LogP contribution in [0.4, 0.5) is 10.1 Å². The van der Waals surface area contributed by atoms with Crippen LogP contribution in [0.2, 0.25) is 5.02 Å². The van der Waals surface area contributed by atoms with Gasteiger partial charge < -0.3 is 14.7 Å². The number of hydrogen-bond acceptors (Lipinski definition) is 4. The molecule has 2 amide bonds. The summed E-state index contributed by atoms with van der Waals surface area (Å²) in [4.78, 5) is 36.0. The maximum absolute atomic E-state index is 14.7. The first-order valence-corrected chi connectivity index (χ1v) is 12.8. The second-order valence-electron chi connectivity index (χ2n) is 9.59. The molecule has 2 heterocycles. The van der Waals surface area contributed by atoms with Gasteiger partial charge in [-0.25, -0.2) is 4.39 Å². The number of hydrogen-bond donors (Lipinski definition) is 0. The molecule has 0 unspecified atom stereocenters. The van der Waals surface area contributed by atoms with Crippen molar-refractivity contribution in [1.82, 2.24) is 9.80 Å². The highest BCUT2D eigenvalue weighted by Gasteiger charge is 2.30. The lowest BCUT2D eigenvalue weighted by Gasteiger charge is -2.37. The van der Waals surface area contributed by atoms with Gasteiger partial charge in [0.25, 0.3) is 5.91 Å². The van der Waals surface area contributed by atoms with Gasteiger partial charge in [0, 0.05) is 56.1 Å². The van der Waals surface area contributed by atoms with Crippen LogP contribution < -0.4 is 4.90 Å². The average molecular weight is 497 g/mol. The second-order valence-corrected chi connectivity index (χ2v) is 10.00. The highest BCUT2D eigenvalue weighted by atomic mass is 35.5. The predicted molar refractivity (Wildman–Crippen MR) is 136 cm³/mol. The van der Waals surface area contributed by atoms with E-state index < -0.39 is 5.82 Å². The van der Waals surface area contributed by atoms with Crippen LogP contribution in [0.15, 0.2) is 41.4 Å². The molecule has 35 heavy (non-hydrogen) atoms. The fraction of sp³-hybridized carbons (Fsp3) is 0.444. The molecule has 0 N–H and O–H groups in total. The second kappa shape index (κ2) is 10.4. The number of fused-ring (bicyclic) bond motifs is 1. The Bertz CT molecular complexity index is 1140. The molecule has 1 aliphatic carbocycles. The van der Waals surface area contributed by atoms with Crippen LogP contribution in [0.3, 0.4) is 0 Å². The van der Waals surface area contributed by atoms with Gasteiger partial charge in [0.05, 0.1) is 10.6 Å². The van der Waals surface area contributed by atoms with Crippen molar-refractivity contribution in [1.29, 1.82) is 0 Å². The molecule has 2 aromatic carbocycles. The van der Waals surface area contributed by atoms with E-state index >= 15 is 0 Å². The first-order chi connectivity index (χ1) is 17.0. The van der Waals surface area contributed by atoms with Crippen molar-refractivity contribution in [2.45, 2.75) is 38.6 Å². The maximum atomic E-state index is 14.7. The molecule has 1 saturated heterocycles. The van der Waals surface area contributed by atoms with Crippen LogP contribution >= 0.6 is 11.6 Å². The standard InChI is InChI=1S/C27H30ClFN4O2/c28-23-7-4-8-25-22(23)16-30-18-33(25)17-19-9-10-24(29)21(15-19)27(35)32-13-11-31(12-14-32)26(34)20-5-2-1-3-6-20/h4,7-10,15-16,20H,1-3,5-6,11-14,17-18H2. The Labute approximate surface area is 210 Å². The maximum Gasteiger partial charge on any atom is 0.256 e. The molecule has 2 aliphatic heterocycles. The monoisotopic (exact) mass is 496 g/mol. The molecule has 0 atom stereocenters. The molecule has 0 spiro atoms. The zero-order valence-corrected chi connectivity index (χ0v) is 20.5. The molecule has 0 aromatic heterocycles. The molecule has 0 bridgehead atoms. The Morgan fingerprint density at radius 3 is 2.51 bits per heavy atom. The molecule has 0 radical (unpaired) electrons. The third-order valence-corrected chi connectivity index (χ3v) is 7.64. The molecule has 2 fully saturated rings. The number of halogens is 2. The van der Waals surface area contributed by atoms with E-state index in [2.05, 4.69) is 9.89 Å². The van der Waals surface area contributed by atoms with E-state index in [9.17, 15) is 14.0 Å². The molecular weight excluding hydrogens is 467 g/mol. The van der Waals surface area contributed by atoms with E-state index in [1.165, 1.54) is 12.5 Å². The van der Waals surface area contributed by atoms with E-state index in [1.807, 2.05) is 23.1 Å². The highest BCUT2D eigenvalue weighted by molar-refractivity contribution is 6.33. The SMILES string of the molecule is O=C(c1cc(CN2CN=Cc3c(Cl)cccc32)ccc1F)N1CCN(C(=O)C2CCCCC2)CC1. The Morgan fingerprint density at radius 2 is 1.74 bits per heavy atom. The molecular formula is C27H30ClFN4O2. The number of rotatable bonds is 4. The molecule has 184 valence electrons. The minimum absolute atomic E-state index is 0.0707. The number of carbonyl (C=O) groups excluding carboxylic acids is 2. The number of amides is 2. The third-order valence-electron chi connectivity index (χ3n) is 7.31. The van der Waals surface area contributed by atoms with Crippen molar-refractivity contribution in [2.75, 3.05) is 37.7 Å². The van der Waals surface area contributed by atoms with Crippen molar-refractivity contribution in [3.63, 3.8) is 0 Å². The van der Waals surface area contributed by atoms with Crippen LogP contribution in [0.5, 0.6) is 0 Å². The van der Waals surface area contributed by atoms with Gasteiger partial charge in [0.15, 0.2) is 0 Å². The van der Waals surface area contributed by atoms with Gasteiger partial charge >= 0.3 is 0 Å². The molecule has 6 nitrogen and oxygen atoms in total. The van der Waals surface area contributed by atoms with E-state index in [0.29, 0.717) is 44.4 Å². The summed E-state index contributed by atoms with van der Waals surface area (Å²) in [5, 5.41) is 0.632. The summed E-state index contributed by atoms with van der Waals surface area (Å²) < 4.78 is 14.7. The summed E-state index contributed by atoms with van der Waals surface area (Å²) in [7, 11) is 0. The summed E-state index contributed by atoms with van der Waals surface area (Å²) in [6.07, 6.45) is 7.15. The predicted octanol–water partition coefficient (Wildman–Crippen LogP) is 4.74. The number of nitrogens with zero attached hydrogens (tertiary/aromatic N) is 4. The Balaban J connectivity index is 1.25. The average Bonchev–Trinajstić information content (AvgIpc) is 2.90. The summed E-state index contributed by atoms with van der Waals surface area (Å²) in [5.41, 5.74) is 2.72. The first kappa shape index (κ1) is 23.8. The minimum Gasteiger partial charge on any atom is -0.347 e. The van der Waals surface area contributed by atoms with Gasteiger partial charge in [0.1, 0.15) is 12.5 Å². The van der Waals surface area contributed by atoms with E-state index in [4.69, 9.17) is 11.6 Å². The van der Waals surface area contributed by atoms with Crippen LogP contribution in [0, 0.1) is 11.7 Å². The van der Waals surface area contributed by atoms with Gasteiger partial charge in [0.2, 0.25) is 5.91 Å². The third kappa shape index (κ3) is 5.06. The van der Waals surface area contributed by atoms with Crippen molar-refractivity contribution in [3.05, 3.63) is 63.9 Å². The van der Waals surface area contributed by atoms with Crippen LogP contribution in [-0.4, -0.2) is 60.7 Å².